The van der Waals surface area contributed by atoms with Gasteiger partial charge in [0.1, 0.15) is 11.4 Å². The van der Waals surface area contributed by atoms with Crippen LogP contribution in [0.25, 0.3) is 0 Å². The van der Waals surface area contributed by atoms with Crippen molar-refractivity contribution < 1.29 is 9.84 Å². The van der Waals surface area contributed by atoms with Gasteiger partial charge in [-0.1, -0.05) is 12.1 Å². The van der Waals surface area contributed by atoms with Crippen LogP contribution in [-0.2, 0) is 5.60 Å². The van der Waals surface area contributed by atoms with E-state index in [1.165, 1.54) is 0 Å². The molecule has 0 heterocycles. The van der Waals surface area contributed by atoms with E-state index in [0.717, 1.165) is 30.6 Å². The van der Waals surface area contributed by atoms with Gasteiger partial charge in [-0.2, -0.15) is 0 Å². The molecule has 1 aliphatic rings. The van der Waals surface area contributed by atoms with Crippen molar-refractivity contribution in [1.29, 1.82) is 0 Å². The van der Waals surface area contributed by atoms with Crippen LogP contribution >= 0.6 is 0 Å². The molecular formula is C14H21NO2. The molecule has 1 aliphatic carbocycles. The molecule has 2 unspecified atom stereocenters. The number of aliphatic hydroxyl groups is 1. The van der Waals surface area contributed by atoms with Crippen LogP contribution in [0.2, 0.25) is 0 Å². The second-order valence-electron chi connectivity index (χ2n) is 5.03. The minimum absolute atomic E-state index is 0.189. The van der Waals surface area contributed by atoms with Crippen LogP contribution in [0.4, 0.5) is 0 Å². The van der Waals surface area contributed by atoms with E-state index in [0.29, 0.717) is 0 Å². The molecule has 0 spiro atoms. The van der Waals surface area contributed by atoms with Crippen molar-refractivity contribution in [2.45, 2.75) is 30.9 Å². The first-order chi connectivity index (χ1) is 8.08. The molecule has 0 aromatic heterocycles. The fourth-order valence-corrected chi connectivity index (χ4v) is 2.88. The Kier molecular flexibility index (Phi) is 3.40. The third-order valence-electron chi connectivity index (χ3n) is 3.78. The highest BCUT2D eigenvalue weighted by molar-refractivity contribution is 5.34. The van der Waals surface area contributed by atoms with Crippen LogP contribution in [0.5, 0.6) is 5.75 Å². The van der Waals surface area contributed by atoms with Crippen LogP contribution in [0.3, 0.4) is 0 Å². The van der Waals surface area contributed by atoms with Gasteiger partial charge in [0.2, 0.25) is 0 Å². The van der Waals surface area contributed by atoms with Crippen molar-refractivity contribution in [3.63, 3.8) is 0 Å². The zero-order valence-corrected chi connectivity index (χ0v) is 10.8. The van der Waals surface area contributed by atoms with Crippen molar-refractivity contribution in [3.05, 3.63) is 29.8 Å². The minimum Gasteiger partial charge on any atom is -0.497 e. The topological polar surface area (TPSA) is 32.7 Å². The summed E-state index contributed by atoms with van der Waals surface area (Å²) in [6.07, 6.45) is 2.93. The summed E-state index contributed by atoms with van der Waals surface area (Å²) in [4.78, 5) is 2.12. The van der Waals surface area contributed by atoms with Crippen molar-refractivity contribution >= 4 is 0 Å². The summed E-state index contributed by atoms with van der Waals surface area (Å²) in [5, 5.41) is 10.9. The molecule has 1 N–H and O–H groups in total. The highest BCUT2D eigenvalue weighted by Crippen LogP contribution is 2.41. The Morgan fingerprint density at radius 1 is 1.41 bits per heavy atom. The first-order valence-corrected chi connectivity index (χ1v) is 6.11. The zero-order chi connectivity index (χ0) is 12.5. The van der Waals surface area contributed by atoms with Crippen LogP contribution in [-0.4, -0.2) is 37.3 Å². The molecule has 1 fully saturated rings. The van der Waals surface area contributed by atoms with Crippen LogP contribution in [0, 0.1) is 0 Å². The smallest absolute Gasteiger partial charge is 0.119 e. The maximum absolute atomic E-state index is 10.9. The molecule has 0 radical (unpaired) electrons. The van der Waals surface area contributed by atoms with Crippen molar-refractivity contribution in [1.82, 2.24) is 4.90 Å². The third kappa shape index (κ3) is 2.17. The van der Waals surface area contributed by atoms with E-state index in [2.05, 4.69) is 4.90 Å². The van der Waals surface area contributed by atoms with E-state index in [1.807, 2.05) is 38.4 Å². The van der Waals surface area contributed by atoms with E-state index in [-0.39, 0.29) is 6.04 Å². The molecule has 2 rings (SSSR count). The second kappa shape index (κ2) is 4.67. The Morgan fingerprint density at radius 3 is 2.82 bits per heavy atom. The minimum atomic E-state index is -0.738. The summed E-state index contributed by atoms with van der Waals surface area (Å²) in [5.41, 5.74) is 0.228. The highest BCUT2D eigenvalue weighted by Gasteiger charge is 2.43. The van der Waals surface area contributed by atoms with Gasteiger partial charge in [-0.3, -0.25) is 0 Å². The number of rotatable bonds is 3. The van der Waals surface area contributed by atoms with Gasteiger partial charge in [0.05, 0.1) is 7.11 Å². The van der Waals surface area contributed by atoms with Gasteiger partial charge in [0.15, 0.2) is 0 Å². The zero-order valence-electron chi connectivity index (χ0n) is 10.8. The van der Waals surface area contributed by atoms with Crippen molar-refractivity contribution in [2.24, 2.45) is 0 Å². The molecule has 1 saturated carbocycles. The summed E-state index contributed by atoms with van der Waals surface area (Å²) in [6, 6.07) is 7.98. The largest absolute Gasteiger partial charge is 0.497 e. The fourth-order valence-electron chi connectivity index (χ4n) is 2.88. The average Bonchev–Trinajstić information content (AvgIpc) is 2.73. The maximum Gasteiger partial charge on any atom is 0.119 e. The summed E-state index contributed by atoms with van der Waals surface area (Å²) < 4.78 is 5.23. The molecule has 0 aliphatic heterocycles. The predicted octanol–water partition coefficient (Wildman–Crippen LogP) is 2.00. The second-order valence-corrected chi connectivity index (χ2v) is 5.03. The highest BCUT2D eigenvalue weighted by atomic mass is 16.5. The quantitative estimate of drug-likeness (QED) is 0.869. The Morgan fingerprint density at radius 2 is 2.18 bits per heavy atom. The lowest BCUT2D eigenvalue weighted by Gasteiger charge is -2.35. The first kappa shape index (κ1) is 12.4. The average molecular weight is 235 g/mol. The number of hydrogen-bond acceptors (Lipinski definition) is 3. The molecule has 2 atom stereocenters. The van der Waals surface area contributed by atoms with Crippen molar-refractivity contribution in [3.8, 4) is 5.75 Å². The van der Waals surface area contributed by atoms with E-state index < -0.39 is 5.60 Å². The van der Waals surface area contributed by atoms with Crippen LogP contribution in [0.1, 0.15) is 24.8 Å². The Balaban J connectivity index is 2.36. The van der Waals surface area contributed by atoms with Gasteiger partial charge in [-0.25, -0.2) is 0 Å². The number of nitrogens with zero attached hydrogens (tertiary/aromatic N) is 1. The monoisotopic (exact) mass is 235 g/mol. The summed E-state index contributed by atoms with van der Waals surface area (Å²) in [6.45, 7) is 0. The molecule has 1 aromatic rings. The molecule has 0 amide bonds. The molecule has 17 heavy (non-hydrogen) atoms. The van der Waals surface area contributed by atoms with Gasteiger partial charge in [-0.15, -0.1) is 0 Å². The van der Waals surface area contributed by atoms with Gasteiger partial charge < -0.3 is 14.7 Å². The standard InChI is InChI=1S/C14H21NO2/c1-15(2)13-8-5-9-14(13,16)11-6-4-7-12(10-11)17-3/h4,6-7,10,13,16H,5,8-9H2,1-3H3. The number of hydrogen-bond donors (Lipinski definition) is 1. The normalized spacial score (nSPS) is 28.6. The lowest BCUT2D eigenvalue weighted by atomic mass is 9.88. The fraction of sp³-hybridized carbons (Fsp3) is 0.571. The van der Waals surface area contributed by atoms with Gasteiger partial charge in [-0.05, 0) is 51.1 Å². The summed E-state index contributed by atoms with van der Waals surface area (Å²) in [5.74, 6) is 0.806. The number of ether oxygens (including phenoxy) is 1. The molecule has 1 aromatic carbocycles. The molecule has 0 saturated heterocycles. The van der Waals surface area contributed by atoms with Crippen molar-refractivity contribution in [2.75, 3.05) is 21.2 Å². The van der Waals surface area contributed by atoms with Gasteiger partial charge >= 0.3 is 0 Å². The molecular weight excluding hydrogens is 214 g/mol. The first-order valence-electron chi connectivity index (χ1n) is 6.11. The van der Waals surface area contributed by atoms with Gasteiger partial charge in [0, 0.05) is 6.04 Å². The van der Waals surface area contributed by atoms with Gasteiger partial charge in [0.25, 0.3) is 0 Å². The van der Waals surface area contributed by atoms with E-state index in [1.54, 1.807) is 7.11 Å². The third-order valence-corrected chi connectivity index (χ3v) is 3.78. The molecule has 3 heteroatoms. The molecule has 94 valence electrons. The van der Waals surface area contributed by atoms with Crippen LogP contribution < -0.4 is 4.74 Å². The lowest BCUT2D eigenvalue weighted by molar-refractivity contribution is -0.0176. The number of methoxy groups -OCH3 is 1. The van der Waals surface area contributed by atoms with E-state index >= 15 is 0 Å². The molecule has 3 nitrogen and oxygen atoms in total. The van der Waals surface area contributed by atoms with E-state index in [9.17, 15) is 5.11 Å². The number of benzene rings is 1. The Labute approximate surface area is 103 Å². The number of likely N-dealkylation sites (N-methyl/N-ethyl adjacent to an activating group) is 1. The van der Waals surface area contributed by atoms with E-state index in [4.69, 9.17) is 4.74 Å². The summed E-state index contributed by atoms with van der Waals surface area (Å²) in [7, 11) is 5.71. The Hall–Kier alpha value is -1.06. The SMILES string of the molecule is COc1cccc(C2(O)CCCC2N(C)C)c1. The lowest BCUT2D eigenvalue weighted by Crippen LogP contribution is -2.43. The predicted molar refractivity (Wildman–Crippen MR) is 68.2 cm³/mol. The molecule has 0 bridgehead atoms. The Bertz CT molecular complexity index is 392. The van der Waals surface area contributed by atoms with Crippen LogP contribution in [0.15, 0.2) is 24.3 Å². The maximum atomic E-state index is 10.9. The summed E-state index contributed by atoms with van der Waals surface area (Å²) >= 11 is 0.